The molecule has 0 bridgehead atoms. The Labute approximate surface area is 152 Å². The van der Waals surface area contributed by atoms with Crippen LogP contribution < -0.4 is 10.6 Å². The number of thiazole rings is 1. The first-order chi connectivity index (χ1) is 10.1. The summed E-state index contributed by atoms with van der Waals surface area (Å²) in [6, 6.07) is 3.89. The Morgan fingerprint density at radius 1 is 1.48 bits per heavy atom. The molecule has 1 aliphatic heterocycles. The van der Waals surface area contributed by atoms with E-state index >= 15 is 0 Å². The first kappa shape index (κ1) is 20.0. The van der Waals surface area contributed by atoms with Gasteiger partial charge in [-0.25, -0.2) is 4.98 Å². The molecule has 0 spiro atoms. The number of carbonyl (C=O) groups excluding carboxylic acids is 1. The predicted octanol–water partition coefficient (Wildman–Crippen LogP) is 3.28. The summed E-state index contributed by atoms with van der Waals surface area (Å²) in [7, 11) is 0. The largest absolute Gasteiger partial charge is 0.462 e. The molecule has 2 unspecified atom stereocenters. The molecule has 2 N–H and O–H groups in total. The van der Waals surface area contributed by atoms with Crippen molar-refractivity contribution in [2.45, 2.75) is 26.3 Å². The molecule has 0 aromatic carbocycles. The van der Waals surface area contributed by atoms with Crippen LogP contribution in [-0.4, -0.2) is 30.0 Å². The summed E-state index contributed by atoms with van der Waals surface area (Å²) in [5.41, 5.74) is 0.511. The van der Waals surface area contributed by atoms with Gasteiger partial charge in [0.25, 0.3) is 5.91 Å². The summed E-state index contributed by atoms with van der Waals surface area (Å²) < 4.78 is 5.34. The molecule has 0 radical (unpaired) electrons. The van der Waals surface area contributed by atoms with Crippen molar-refractivity contribution >= 4 is 42.1 Å². The van der Waals surface area contributed by atoms with Crippen LogP contribution in [0.2, 0.25) is 0 Å². The molecular formula is C15H21Cl2N3O2S. The number of aromatic nitrogens is 1. The van der Waals surface area contributed by atoms with E-state index in [4.69, 9.17) is 4.42 Å². The van der Waals surface area contributed by atoms with Crippen LogP contribution in [0, 0.1) is 12.8 Å². The van der Waals surface area contributed by atoms with Crippen molar-refractivity contribution in [2.75, 3.05) is 13.1 Å². The number of rotatable bonds is 3. The normalized spacial score (nSPS) is 20.3. The van der Waals surface area contributed by atoms with Crippen LogP contribution in [0.4, 0.5) is 0 Å². The highest BCUT2D eigenvalue weighted by Crippen LogP contribution is 2.28. The molecule has 1 amide bonds. The molecule has 2 atom stereocenters. The average molecular weight is 378 g/mol. The topological polar surface area (TPSA) is 67.2 Å². The van der Waals surface area contributed by atoms with Crippen molar-refractivity contribution in [3.05, 3.63) is 29.0 Å². The van der Waals surface area contributed by atoms with Gasteiger partial charge in [-0.15, -0.1) is 36.2 Å². The maximum atomic E-state index is 12.4. The van der Waals surface area contributed by atoms with Crippen LogP contribution >= 0.6 is 36.2 Å². The SMILES string of the molecule is Cc1sc(-c2ccco2)nc1C(=O)NC1CCNCC1C.Cl.Cl. The quantitative estimate of drug-likeness (QED) is 0.860. The molecule has 1 saturated heterocycles. The van der Waals surface area contributed by atoms with Crippen LogP contribution in [0.15, 0.2) is 22.8 Å². The molecule has 0 saturated carbocycles. The van der Waals surface area contributed by atoms with E-state index in [1.54, 1.807) is 6.26 Å². The highest BCUT2D eigenvalue weighted by molar-refractivity contribution is 7.15. The summed E-state index contributed by atoms with van der Waals surface area (Å²) in [5.74, 6) is 1.06. The average Bonchev–Trinajstić information content (AvgIpc) is 3.10. The number of furan rings is 1. The zero-order valence-electron chi connectivity index (χ0n) is 13.0. The van der Waals surface area contributed by atoms with Gasteiger partial charge in [-0.3, -0.25) is 4.79 Å². The Morgan fingerprint density at radius 2 is 2.26 bits per heavy atom. The number of nitrogens with one attached hydrogen (secondary N) is 2. The van der Waals surface area contributed by atoms with Gasteiger partial charge in [-0.2, -0.15) is 0 Å². The number of halogens is 2. The fraction of sp³-hybridized carbons (Fsp3) is 0.467. The second-order valence-corrected chi connectivity index (χ2v) is 6.65. The minimum Gasteiger partial charge on any atom is -0.462 e. The zero-order valence-corrected chi connectivity index (χ0v) is 15.4. The van der Waals surface area contributed by atoms with E-state index in [0.29, 0.717) is 17.4 Å². The molecule has 5 nitrogen and oxygen atoms in total. The smallest absolute Gasteiger partial charge is 0.271 e. The van der Waals surface area contributed by atoms with Gasteiger partial charge in [0.2, 0.25) is 0 Å². The molecule has 1 fully saturated rings. The van der Waals surface area contributed by atoms with E-state index in [2.05, 4.69) is 22.5 Å². The number of nitrogens with zero attached hydrogens (tertiary/aromatic N) is 1. The van der Waals surface area contributed by atoms with Crippen LogP contribution in [0.3, 0.4) is 0 Å². The lowest BCUT2D eigenvalue weighted by Gasteiger charge is -2.30. The molecule has 128 valence electrons. The minimum absolute atomic E-state index is 0. The Morgan fingerprint density at radius 3 is 2.91 bits per heavy atom. The maximum Gasteiger partial charge on any atom is 0.271 e. The monoisotopic (exact) mass is 377 g/mol. The standard InChI is InChI=1S/C15H19N3O2S.2ClH/c1-9-8-16-6-5-11(9)17-14(19)13-10(2)21-15(18-13)12-4-3-7-20-12;;/h3-4,7,9,11,16H,5-6,8H2,1-2H3,(H,17,19);2*1H. The second kappa shape index (κ2) is 8.68. The first-order valence-electron chi connectivity index (χ1n) is 7.18. The summed E-state index contributed by atoms with van der Waals surface area (Å²) >= 11 is 1.49. The second-order valence-electron chi connectivity index (χ2n) is 5.45. The molecule has 1 aliphatic rings. The predicted molar refractivity (Wildman–Crippen MR) is 97.0 cm³/mol. The van der Waals surface area contributed by atoms with Crippen LogP contribution in [0.5, 0.6) is 0 Å². The van der Waals surface area contributed by atoms with Gasteiger partial charge in [0.15, 0.2) is 10.8 Å². The van der Waals surface area contributed by atoms with E-state index in [9.17, 15) is 4.79 Å². The molecule has 0 aliphatic carbocycles. The minimum atomic E-state index is -0.0830. The van der Waals surface area contributed by atoms with Crippen LogP contribution in [0.1, 0.15) is 28.7 Å². The van der Waals surface area contributed by atoms with Crippen molar-refractivity contribution in [1.82, 2.24) is 15.6 Å². The molecule has 2 aromatic rings. The lowest BCUT2D eigenvalue weighted by Crippen LogP contribution is -2.48. The van der Waals surface area contributed by atoms with Gasteiger partial charge < -0.3 is 15.1 Å². The Hall–Kier alpha value is -1.08. The van der Waals surface area contributed by atoms with Crippen molar-refractivity contribution < 1.29 is 9.21 Å². The van der Waals surface area contributed by atoms with Gasteiger partial charge in [0, 0.05) is 10.9 Å². The van der Waals surface area contributed by atoms with Crippen LogP contribution in [-0.2, 0) is 0 Å². The summed E-state index contributed by atoms with van der Waals surface area (Å²) in [6.45, 7) is 5.96. The zero-order chi connectivity index (χ0) is 14.8. The number of amides is 1. The van der Waals surface area contributed by atoms with E-state index in [-0.39, 0.29) is 36.8 Å². The third kappa shape index (κ3) is 4.47. The number of hydrogen-bond donors (Lipinski definition) is 2. The van der Waals surface area contributed by atoms with Gasteiger partial charge in [0.1, 0.15) is 5.69 Å². The van der Waals surface area contributed by atoms with Crippen molar-refractivity contribution in [3.63, 3.8) is 0 Å². The first-order valence-corrected chi connectivity index (χ1v) is 7.99. The third-order valence-corrected chi connectivity index (χ3v) is 4.83. The van der Waals surface area contributed by atoms with Gasteiger partial charge >= 0.3 is 0 Å². The lowest BCUT2D eigenvalue weighted by atomic mass is 9.95. The molecule has 2 aromatic heterocycles. The van der Waals surface area contributed by atoms with E-state index < -0.39 is 0 Å². The number of aryl methyl sites for hydroxylation is 1. The Balaban J connectivity index is 0.00000132. The fourth-order valence-electron chi connectivity index (χ4n) is 2.58. The lowest BCUT2D eigenvalue weighted by molar-refractivity contribution is 0.0909. The van der Waals surface area contributed by atoms with Crippen molar-refractivity contribution in [1.29, 1.82) is 0 Å². The Kier molecular flexibility index (Phi) is 7.54. The summed E-state index contributed by atoms with van der Waals surface area (Å²) in [6.07, 6.45) is 2.57. The maximum absolute atomic E-state index is 12.4. The molecule has 23 heavy (non-hydrogen) atoms. The number of piperidine rings is 1. The van der Waals surface area contributed by atoms with Crippen LogP contribution in [0.25, 0.3) is 10.8 Å². The van der Waals surface area contributed by atoms with Crippen molar-refractivity contribution in [3.8, 4) is 10.8 Å². The highest BCUT2D eigenvalue weighted by atomic mass is 35.5. The summed E-state index contributed by atoms with van der Waals surface area (Å²) in [4.78, 5) is 17.8. The highest BCUT2D eigenvalue weighted by Gasteiger charge is 2.25. The number of hydrogen-bond acceptors (Lipinski definition) is 5. The van der Waals surface area contributed by atoms with E-state index in [1.807, 2.05) is 19.1 Å². The summed E-state index contributed by atoms with van der Waals surface area (Å²) in [5, 5.41) is 7.20. The van der Waals surface area contributed by atoms with Gasteiger partial charge in [-0.1, -0.05) is 6.92 Å². The molecule has 3 heterocycles. The molecule has 8 heteroatoms. The van der Waals surface area contributed by atoms with E-state index in [1.165, 1.54) is 11.3 Å². The van der Waals surface area contributed by atoms with Crippen molar-refractivity contribution in [2.24, 2.45) is 5.92 Å². The van der Waals surface area contributed by atoms with E-state index in [0.717, 1.165) is 29.4 Å². The van der Waals surface area contributed by atoms with Gasteiger partial charge in [0.05, 0.1) is 6.26 Å². The fourth-order valence-corrected chi connectivity index (χ4v) is 3.46. The van der Waals surface area contributed by atoms with Gasteiger partial charge in [-0.05, 0) is 44.5 Å². The molecular weight excluding hydrogens is 357 g/mol. The number of carbonyl (C=O) groups is 1. The Bertz CT molecular complexity index is 631. The molecule has 3 rings (SSSR count). The third-order valence-electron chi connectivity index (χ3n) is 3.85.